The Bertz CT molecular complexity index is 1520. The first-order valence-electron chi connectivity index (χ1n) is 14.1. The highest BCUT2D eigenvalue weighted by atomic mass is 19.5. The molecule has 1 amide bonds. The average Bonchev–Trinajstić information content (AvgIpc) is 3.55. The second kappa shape index (κ2) is 11.7. The van der Waals surface area contributed by atoms with Crippen molar-refractivity contribution < 1.29 is 36.2 Å². The Morgan fingerprint density at radius 2 is 1.83 bits per heavy atom. The van der Waals surface area contributed by atoms with Gasteiger partial charge >= 0.3 is 13.2 Å². The van der Waals surface area contributed by atoms with E-state index in [1.165, 1.54) is 18.4 Å². The molecule has 12 heteroatoms. The maximum absolute atomic E-state index is 13.7. The van der Waals surface area contributed by atoms with Gasteiger partial charge in [0.05, 0.1) is 24.0 Å². The van der Waals surface area contributed by atoms with E-state index in [9.17, 15) is 26.9 Å². The third-order valence-corrected chi connectivity index (χ3v) is 8.02. The van der Waals surface area contributed by atoms with Crippen molar-refractivity contribution in [1.29, 1.82) is 0 Å². The Balaban J connectivity index is 0.000000652. The van der Waals surface area contributed by atoms with Gasteiger partial charge in [0.25, 0.3) is 5.91 Å². The van der Waals surface area contributed by atoms with Gasteiger partial charge in [0.2, 0.25) is 6.33 Å². The van der Waals surface area contributed by atoms with Crippen LogP contribution in [0.15, 0.2) is 72.8 Å². The number of rotatable bonds is 7. The molecule has 0 saturated carbocycles. The fraction of sp³-hybridized carbons (Fsp3) is 0.367. The Morgan fingerprint density at radius 3 is 2.52 bits per heavy atom. The van der Waals surface area contributed by atoms with Crippen LogP contribution in [0.25, 0.3) is 0 Å². The minimum Gasteiger partial charge on any atom is -0.458 e. The topological polar surface area (TPSA) is 58.7 Å². The van der Waals surface area contributed by atoms with Crippen molar-refractivity contribution in [2.45, 2.75) is 51.2 Å². The SMILES string of the molecule is C[n+]1ccn(CCOC(=O)c2ccc3c(c2)N2C(=O)c4ccccc4C2(C)N3CCC2=CCCCC2)c1.F[B-](F)(F)F. The Kier molecular flexibility index (Phi) is 8.16. The van der Waals surface area contributed by atoms with Crippen molar-refractivity contribution in [3.8, 4) is 0 Å². The molecule has 3 heterocycles. The zero-order chi connectivity index (χ0) is 30.1. The summed E-state index contributed by atoms with van der Waals surface area (Å²) in [6.07, 6.45) is 14.0. The number of halogens is 4. The van der Waals surface area contributed by atoms with Gasteiger partial charge in [-0.2, -0.15) is 0 Å². The monoisotopic (exact) mass is 584 g/mol. The number of allylic oxidation sites excluding steroid dienone is 1. The molecule has 1 unspecified atom stereocenters. The molecule has 42 heavy (non-hydrogen) atoms. The van der Waals surface area contributed by atoms with Crippen LogP contribution in [0.3, 0.4) is 0 Å². The first kappa shape index (κ1) is 29.4. The van der Waals surface area contributed by atoms with Crippen molar-refractivity contribution in [2.24, 2.45) is 7.05 Å². The van der Waals surface area contributed by atoms with Gasteiger partial charge in [0.1, 0.15) is 31.2 Å². The first-order valence-corrected chi connectivity index (χ1v) is 14.1. The number of imidazole rings is 1. The second-order valence-corrected chi connectivity index (χ2v) is 10.9. The maximum atomic E-state index is 13.7. The molecule has 3 aliphatic rings. The van der Waals surface area contributed by atoms with Crippen molar-refractivity contribution in [1.82, 2.24) is 4.57 Å². The molecule has 1 aliphatic carbocycles. The van der Waals surface area contributed by atoms with E-state index in [-0.39, 0.29) is 18.5 Å². The minimum atomic E-state index is -6.00. The van der Waals surface area contributed by atoms with Crippen molar-refractivity contribution in [3.05, 3.63) is 89.5 Å². The summed E-state index contributed by atoms with van der Waals surface area (Å²) < 4.78 is 48.5. The van der Waals surface area contributed by atoms with Gasteiger partial charge in [0.15, 0.2) is 0 Å². The largest absolute Gasteiger partial charge is 0.673 e. The first-order chi connectivity index (χ1) is 20.0. The molecule has 0 spiro atoms. The molecule has 7 nitrogen and oxygen atoms in total. The number of hydrogen-bond acceptors (Lipinski definition) is 4. The van der Waals surface area contributed by atoms with Gasteiger partial charge in [-0.05, 0) is 63.3 Å². The zero-order valence-corrected chi connectivity index (χ0v) is 23.6. The van der Waals surface area contributed by atoms with Crippen LogP contribution in [-0.2, 0) is 24.0 Å². The van der Waals surface area contributed by atoms with Crippen molar-refractivity contribution in [2.75, 3.05) is 23.0 Å². The number of benzene rings is 2. The van der Waals surface area contributed by atoms with E-state index < -0.39 is 12.9 Å². The minimum absolute atomic E-state index is 0.0234. The van der Waals surface area contributed by atoms with Gasteiger partial charge in [-0.15, -0.1) is 0 Å². The van der Waals surface area contributed by atoms with E-state index in [0.29, 0.717) is 12.1 Å². The average molecular weight is 584 g/mol. The highest BCUT2D eigenvalue weighted by Crippen LogP contribution is 2.55. The smallest absolute Gasteiger partial charge is 0.458 e. The summed E-state index contributed by atoms with van der Waals surface area (Å²) in [6, 6.07) is 13.5. The molecule has 2 aromatic carbocycles. The van der Waals surface area contributed by atoms with Gasteiger partial charge in [0, 0.05) is 17.7 Å². The molecule has 3 aromatic rings. The molecule has 0 saturated heterocycles. The number of fused-ring (bicyclic) bond motifs is 5. The maximum Gasteiger partial charge on any atom is 0.673 e. The third kappa shape index (κ3) is 5.93. The van der Waals surface area contributed by atoms with E-state index in [2.05, 4.69) is 24.0 Å². The molecule has 0 bridgehead atoms. The standard InChI is InChI=1S/C30H33N4O3.BF4/c1-30-25-11-7-6-10-24(25)28(35)34(30)27-20-23(29(36)37-19-18-32-17-16-31(2)21-32)12-13-26(27)33(30)15-14-22-8-4-3-5-9-22;2-1(3,4)5/h6-8,10-13,16-17,20-21H,3-5,9,14-15,18-19H2,1-2H3;/q+1;-1. The second-order valence-electron chi connectivity index (χ2n) is 10.9. The number of ether oxygens (including phenoxy) is 1. The number of aryl methyl sites for hydroxylation is 1. The number of amides is 1. The molecule has 6 rings (SSSR count). The lowest BCUT2D eigenvalue weighted by Crippen LogP contribution is -2.50. The number of hydrogen-bond donors (Lipinski definition) is 0. The highest BCUT2D eigenvalue weighted by molar-refractivity contribution is 6.50. The summed E-state index contributed by atoms with van der Waals surface area (Å²) in [5.74, 6) is -0.402. The summed E-state index contributed by atoms with van der Waals surface area (Å²) in [4.78, 5) is 30.9. The van der Waals surface area contributed by atoms with Crippen LogP contribution in [0.2, 0.25) is 0 Å². The van der Waals surface area contributed by atoms with E-state index in [1.54, 1.807) is 0 Å². The van der Waals surface area contributed by atoms with Crippen LogP contribution in [0.1, 0.15) is 65.3 Å². The van der Waals surface area contributed by atoms with E-state index in [4.69, 9.17) is 4.74 Å². The number of aromatic nitrogens is 2. The number of nitrogens with zero attached hydrogens (tertiary/aromatic N) is 4. The Labute approximate surface area is 242 Å². The Hall–Kier alpha value is -4.09. The molecule has 0 N–H and O–H groups in total. The lowest BCUT2D eigenvalue weighted by molar-refractivity contribution is -0.671. The van der Waals surface area contributed by atoms with Crippen molar-refractivity contribution >= 4 is 30.5 Å². The van der Waals surface area contributed by atoms with Gasteiger partial charge in [-0.1, -0.05) is 29.8 Å². The Morgan fingerprint density at radius 1 is 1.07 bits per heavy atom. The number of carbonyl (C=O) groups is 2. The molecular weight excluding hydrogens is 551 g/mol. The van der Waals surface area contributed by atoms with Crippen LogP contribution >= 0.6 is 0 Å². The summed E-state index contributed by atoms with van der Waals surface area (Å²) in [5.41, 5.74) is 4.83. The summed E-state index contributed by atoms with van der Waals surface area (Å²) in [5, 5.41) is 0. The predicted molar refractivity (Wildman–Crippen MR) is 152 cm³/mol. The zero-order valence-electron chi connectivity index (χ0n) is 23.6. The normalized spacial score (nSPS) is 19.0. The van der Waals surface area contributed by atoms with E-state index in [1.807, 2.05) is 76.2 Å². The van der Waals surface area contributed by atoms with Crippen LogP contribution < -0.4 is 14.4 Å². The highest BCUT2D eigenvalue weighted by Gasteiger charge is 2.56. The van der Waals surface area contributed by atoms with Gasteiger partial charge in [-0.3, -0.25) is 9.69 Å². The predicted octanol–water partition coefficient (Wildman–Crippen LogP) is 6.01. The van der Waals surface area contributed by atoms with Crippen molar-refractivity contribution in [3.63, 3.8) is 0 Å². The molecule has 2 aliphatic heterocycles. The van der Waals surface area contributed by atoms with Crippen LogP contribution in [-0.4, -0.2) is 36.8 Å². The summed E-state index contributed by atoms with van der Waals surface area (Å²) >= 11 is 0. The summed E-state index contributed by atoms with van der Waals surface area (Å²) in [6.45, 7) is 3.80. The number of carbonyl (C=O) groups excluding carboxylic acids is 2. The number of anilines is 2. The molecular formula is C30H33BF4N4O3. The molecule has 1 aromatic heterocycles. The fourth-order valence-corrected chi connectivity index (χ4v) is 6.11. The third-order valence-electron chi connectivity index (χ3n) is 8.02. The molecule has 0 fully saturated rings. The van der Waals surface area contributed by atoms with E-state index >= 15 is 0 Å². The lowest BCUT2D eigenvalue weighted by atomic mass is 9.95. The van der Waals surface area contributed by atoms with Gasteiger partial charge in [-0.25, -0.2) is 13.9 Å². The number of esters is 1. The van der Waals surface area contributed by atoms with Crippen LogP contribution in [0, 0.1) is 0 Å². The molecule has 0 radical (unpaired) electrons. The fourth-order valence-electron chi connectivity index (χ4n) is 6.11. The quantitative estimate of drug-likeness (QED) is 0.112. The van der Waals surface area contributed by atoms with Gasteiger partial charge < -0.3 is 26.9 Å². The molecule has 222 valence electrons. The lowest BCUT2D eigenvalue weighted by Gasteiger charge is -2.38. The summed E-state index contributed by atoms with van der Waals surface area (Å²) in [7, 11) is -4.05. The molecule has 1 atom stereocenters. The van der Waals surface area contributed by atoms with Crippen LogP contribution in [0.4, 0.5) is 28.6 Å². The van der Waals surface area contributed by atoms with E-state index in [0.717, 1.165) is 48.3 Å². The van der Waals surface area contributed by atoms with Crippen LogP contribution in [0.5, 0.6) is 0 Å².